The first kappa shape index (κ1) is 25.0. The SMILES string of the molecule is CC(C)[C@@H](NC(=O)c1ccc(C(C)(C)C)cc1)C(=O)NC1CCN(Cc2ccccc2)CC1. The van der Waals surface area contributed by atoms with E-state index < -0.39 is 6.04 Å². The predicted octanol–water partition coefficient (Wildman–Crippen LogP) is 4.52. The van der Waals surface area contributed by atoms with E-state index in [0.717, 1.165) is 32.5 Å². The molecule has 2 aromatic rings. The Bertz CT molecular complexity index is 908. The molecule has 1 aliphatic heterocycles. The molecule has 0 unspecified atom stereocenters. The first-order chi connectivity index (χ1) is 15.6. The largest absolute Gasteiger partial charge is 0.351 e. The quantitative estimate of drug-likeness (QED) is 0.653. The molecule has 0 aliphatic carbocycles. The van der Waals surface area contributed by atoms with Crippen molar-refractivity contribution in [2.75, 3.05) is 13.1 Å². The number of hydrogen-bond donors (Lipinski definition) is 2. The first-order valence-corrected chi connectivity index (χ1v) is 12.1. The van der Waals surface area contributed by atoms with Crippen LogP contribution in [0.1, 0.15) is 68.9 Å². The number of benzene rings is 2. The summed E-state index contributed by atoms with van der Waals surface area (Å²) in [5, 5.41) is 6.15. The molecule has 0 bridgehead atoms. The molecule has 2 aromatic carbocycles. The summed E-state index contributed by atoms with van der Waals surface area (Å²) in [5.74, 6) is -0.297. The zero-order chi connectivity index (χ0) is 24.0. The van der Waals surface area contributed by atoms with Crippen molar-refractivity contribution in [3.05, 3.63) is 71.3 Å². The van der Waals surface area contributed by atoms with Crippen molar-refractivity contribution in [1.82, 2.24) is 15.5 Å². The number of nitrogens with one attached hydrogen (secondary N) is 2. The van der Waals surface area contributed by atoms with Crippen LogP contribution < -0.4 is 10.6 Å². The zero-order valence-electron chi connectivity index (χ0n) is 20.7. The monoisotopic (exact) mass is 449 g/mol. The second-order valence-corrected chi connectivity index (χ2v) is 10.6. The van der Waals surface area contributed by atoms with Crippen LogP contribution in [0.25, 0.3) is 0 Å². The molecule has 2 amide bonds. The number of hydrogen-bond acceptors (Lipinski definition) is 3. The Labute approximate surface area is 199 Å². The van der Waals surface area contributed by atoms with Crippen LogP contribution in [0.3, 0.4) is 0 Å². The topological polar surface area (TPSA) is 61.4 Å². The molecule has 5 nitrogen and oxygen atoms in total. The zero-order valence-corrected chi connectivity index (χ0v) is 20.7. The van der Waals surface area contributed by atoms with Crippen molar-refractivity contribution in [2.45, 2.75) is 71.5 Å². The van der Waals surface area contributed by atoms with Gasteiger partial charge in [0.15, 0.2) is 0 Å². The molecule has 0 saturated carbocycles. The van der Waals surface area contributed by atoms with Crippen LogP contribution in [0.5, 0.6) is 0 Å². The highest BCUT2D eigenvalue weighted by molar-refractivity contribution is 5.97. The third-order valence-corrected chi connectivity index (χ3v) is 6.43. The van der Waals surface area contributed by atoms with Gasteiger partial charge in [-0.15, -0.1) is 0 Å². The van der Waals surface area contributed by atoms with E-state index in [1.807, 2.05) is 44.2 Å². The molecule has 0 radical (unpaired) electrons. The van der Waals surface area contributed by atoms with Gasteiger partial charge in [0.1, 0.15) is 6.04 Å². The molecular formula is C28H39N3O2. The molecule has 1 heterocycles. The van der Waals surface area contributed by atoms with Crippen LogP contribution >= 0.6 is 0 Å². The molecule has 0 aromatic heterocycles. The van der Waals surface area contributed by atoms with Crippen molar-refractivity contribution in [3.63, 3.8) is 0 Å². The standard InChI is InChI=1S/C28H39N3O2/c1-20(2)25(30-26(32)22-11-13-23(14-12-22)28(3,4)5)27(33)29-24-15-17-31(18-16-24)19-21-9-7-6-8-10-21/h6-14,20,24-25H,15-19H2,1-5H3,(H,29,33)(H,30,32)/t25-/m1/s1. The lowest BCUT2D eigenvalue weighted by atomic mass is 9.86. The summed E-state index contributed by atoms with van der Waals surface area (Å²) in [5.41, 5.74) is 3.11. The lowest BCUT2D eigenvalue weighted by molar-refractivity contribution is -0.125. The van der Waals surface area contributed by atoms with Gasteiger partial charge in [0.2, 0.25) is 5.91 Å². The molecule has 33 heavy (non-hydrogen) atoms. The number of rotatable bonds is 7. The van der Waals surface area contributed by atoms with Crippen molar-refractivity contribution < 1.29 is 9.59 Å². The van der Waals surface area contributed by atoms with Crippen molar-refractivity contribution in [3.8, 4) is 0 Å². The maximum Gasteiger partial charge on any atom is 0.251 e. The lowest BCUT2D eigenvalue weighted by Crippen LogP contribution is -2.53. The van der Waals surface area contributed by atoms with Gasteiger partial charge in [-0.25, -0.2) is 0 Å². The Morgan fingerprint density at radius 3 is 2.12 bits per heavy atom. The molecule has 0 spiro atoms. The average molecular weight is 450 g/mol. The number of likely N-dealkylation sites (tertiary alicyclic amines) is 1. The maximum absolute atomic E-state index is 13.0. The Balaban J connectivity index is 1.52. The third-order valence-electron chi connectivity index (χ3n) is 6.43. The minimum absolute atomic E-state index is 0.000896. The smallest absolute Gasteiger partial charge is 0.251 e. The molecule has 1 aliphatic rings. The molecule has 178 valence electrons. The summed E-state index contributed by atoms with van der Waals surface area (Å²) in [4.78, 5) is 28.3. The van der Waals surface area contributed by atoms with E-state index in [1.165, 1.54) is 11.1 Å². The average Bonchev–Trinajstić information content (AvgIpc) is 2.78. The van der Waals surface area contributed by atoms with Crippen molar-refractivity contribution in [1.29, 1.82) is 0 Å². The number of carbonyl (C=O) groups is 2. The van der Waals surface area contributed by atoms with Gasteiger partial charge in [-0.3, -0.25) is 14.5 Å². The molecule has 5 heteroatoms. The fraction of sp³-hybridized carbons (Fsp3) is 0.500. The van der Waals surface area contributed by atoms with Gasteiger partial charge in [-0.05, 0) is 47.4 Å². The second kappa shape index (κ2) is 11.0. The third kappa shape index (κ3) is 7.16. The van der Waals surface area contributed by atoms with Crippen LogP contribution in [0.2, 0.25) is 0 Å². The van der Waals surface area contributed by atoms with Crippen molar-refractivity contribution in [2.24, 2.45) is 5.92 Å². The Hall–Kier alpha value is -2.66. The Morgan fingerprint density at radius 1 is 0.970 bits per heavy atom. The number of nitrogens with zero attached hydrogens (tertiary/aromatic N) is 1. The van der Waals surface area contributed by atoms with E-state index in [0.29, 0.717) is 5.56 Å². The van der Waals surface area contributed by atoms with Crippen LogP contribution in [-0.4, -0.2) is 41.9 Å². The number of piperidine rings is 1. The van der Waals surface area contributed by atoms with Crippen LogP contribution in [-0.2, 0) is 16.8 Å². The summed E-state index contributed by atoms with van der Waals surface area (Å²) >= 11 is 0. The number of amides is 2. The molecule has 1 atom stereocenters. The highest BCUT2D eigenvalue weighted by Gasteiger charge is 2.28. The second-order valence-electron chi connectivity index (χ2n) is 10.6. The van der Waals surface area contributed by atoms with Crippen LogP contribution in [0, 0.1) is 5.92 Å². The highest BCUT2D eigenvalue weighted by Crippen LogP contribution is 2.22. The fourth-order valence-electron chi connectivity index (χ4n) is 4.25. The van der Waals surface area contributed by atoms with Gasteiger partial charge >= 0.3 is 0 Å². The summed E-state index contributed by atoms with van der Waals surface area (Å²) < 4.78 is 0. The fourth-order valence-corrected chi connectivity index (χ4v) is 4.25. The first-order valence-electron chi connectivity index (χ1n) is 12.1. The summed E-state index contributed by atoms with van der Waals surface area (Å²) in [6.45, 7) is 13.2. The van der Waals surface area contributed by atoms with Gasteiger partial charge in [0, 0.05) is 31.2 Å². The van der Waals surface area contributed by atoms with E-state index in [4.69, 9.17) is 0 Å². The summed E-state index contributed by atoms with van der Waals surface area (Å²) in [6, 6.07) is 17.7. The van der Waals surface area contributed by atoms with Gasteiger partial charge in [-0.1, -0.05) is 77.1 Å². The molecule has 1 saturated heterocycles. The van der Waals surface area contributed by atoms with Gasteiger partial charge in [0.05, 0.1) is 0 Å². The molecule has 2 N–H and O–H groups in total. The van der Waals surface area contributed by atoms with E-state index in [9.17, 15) is 9.59 Å². The molecular weight excluding hydrogens is 410 g/mol. The normalized spacial score (nSPS) is 16.4. The molecule has 1 fully saturated rings. The minimum atomic E-state index is -0.554. The van der Waals surface area contributed by atoms with Crippen LogP contribution in [0.15, 0.2) is 54.6 Å². The van der Waals surface area contributed by atoms with Gasteiger partial charge in [0.25, 0.3) is 5.91 Å². The van der Waals surface area contributed by atoms with E-state index in [2.05, 4.69) is 60.6 Å². The van der Waals surface area contributed by atoms with Gasteiger partial charge in [-0.2, -0.15) is 0 Å². The lowest BCUT2D eigenvalue weighted by Gasteiger charge is -2.33. The van der Waals surface area contributed by atoms with E-state index in [-0.39, 0.29) is 29.2 Å². The molecule has 3 rings (SSSR count). The highest BCUT2D eigenvalue weighted by atomic mass is 16.2. The predicted molar refractivity (Wildman–Crippen MR) is 134 cm³/mol. The Morgan fingerprint density at radius 2 is 1.58 bits per heavy atom. The Kier molecular flexibility index (Phi) is 8.30. The van der Waals surface area contributed by atoms with E-state index in [1.54, 1.807) is 0 Å². The van der Waals surface area contributed by atoms with Crippen molar-refractivity contribution >= 4 is 11.8 Å². The number of carbonyl (C=O) groups excluding carboxylic acids is 2. The minimum Gasteiger partial charge on any atom is -0.351 e. The summed E-state index contributed by atoms with van der Waals surface area (Å²) in [6.07, 6.45) is 1.84. The maximum atomic E-state index is 13.0. The van der Waals surface area contributed by atoms with Crippen LogP contribution in [0.4, 0.5) is 0 Å². The van der Waals surface area contributed by atoms with E-state index >= 15 is 0 Å². The summed E-state index contributed by atoms with van der Waals surface area (Å²) in [7, 11) is 0. The van der Waals surface area contributed by atoms with Gasteiger partial charge < -0.3 is 10.6 Å².